The molecule has 0 aromatic heterocycles. The molecule has 0 aliphatic rings. The number of nitrogens with one attached hydrogen (secondary N) is 1. The van der Waals surface area contributed by atoms with Gasteiger partial charge in [-0.05, 0) is 48.9 Å². The molecule has 0 radical (unpaired) electrons. The molecule has 0 unspecified atom stereocenters. The number of aryl methyl sites for hydroxylation is 1. The summed E-state index contributed by atoms with van der Waals surface area (Å²) in [5.41, 5.74) is 7.09. The monoisotopic (exact) mass is 321 g/mol. The molecule has 2 rings (SSSR count). The zero-order chi connectivity index (χ0) is 15.6. The average molecular weight is 322 g/mol. The van der Waals surface area contributed by atoms with Crippen LogP contribution in [0.5, 0.6) is 0 Å². The number of nitrogens with zero attached hydrogens (tertiary/aromatic N) is 1. The van der Waals surface area contributed by atoms with Crippen molar-refractivity contribution in [1.82, 2.24) is 0 Å². The molecule has 0 aliphatic heterocycles. The third kappa shape index (κ3) is 3.27. The maximum Gasteiger partial charge on any atom is 0.262 e. The van der Waals surface area contributed by atoms with Gasteiger partial charge in [0.2, 0.25) is 0 Å². The van der Waals surface area contributed by atoms with Gasteiger partial charge in [0.05, 0.1) is 27.2 Å². The van der Waals surface area contributed by atoms with Crippen LogP contribution in [0, 0.1) is 18.3 Å². The first-order valence-corrected chi connectivity index (χ1v) is 7.78. The third-order valence-electron chi connectivity index (χ3n) is 2.83. The predicted molar refractivity (Wildman–Crippen MR) is 82.6 cm³/mol. The SMILES string of the molecule is Cc1cc(N)ccc1S(=O)(=O)Nc1cc(C#N)ccc1Cl. The van der Waals surface area contributed by atoms with Crippen LogP contribution in [-0.4, -0.2) is 8.42 Å². The average Bonchev–Trinajstić information content (AvgIpc) is 2.40. The molecule has 108 valence electrons. The van der Waals surface area contributed by atoms with E-state index in [1.807, 2.05) is 6.07 Å². The lowest BCUT2D eigenvalue weighted by Crippen LogP contribution is -2.14. The Balaban J connectivity index is 2.45. The lowest BCUT2D eigenvalue weighted by Gasteiger charge is -2.12. The first kappa shape index (κ1) is 15.2. The summed E-state index contributed by atoms with van der Waals surface area (Å²) in [6.07, 6.45) is 0. The number of nitriles is 1. The fraction of sp³-hybridized carbons (Fsp3) is 0.0714. The first-order valence-electron chi connectivity index (χ1n) is 5.92. The van der Waals surface area contributed by atoms with Crippen LogP contribution in [0.25, 0.3) is 0 Å². The smallest absolute Gasteiger partial charge is 0.262 e. The Kier molecular flexibility index (Phi) is 4.07. The van der Waals surface area contributed by atoms with Crippen LogP contribution < -0.4 is 10.5 Å². The molecular weight excluding hydrogens is 310 g/mol. The Morgan fingerprint density at radius 2 is 1.95 bits per heavy atom. The van der Waals surface area contributed by atoms with Crippen LogP contribution >= 0.6 is 11.6 Å². The van der Waals surface area contributed by atoms with Gasteiger partial charge in [0.25, 0.3) is 10.0 Å². The molecule has 21 heavy (non-hydrogen) atoms. The highest BCUT2D eigenvalue weighted by atomic mass is 35.5. The zero-order valence-corrected chi connectivity index (χ0v) is 12.7. The van der Waals surface area contributed by atoms with E-state index in [0.717, 1.165) is 0 Å². The van der Waals surface area contributed by atoms with Crippen molar-refractivity contribution in [2.24, 2.45) is 0 Å². The largest absolute Gasteiger partial charge is 0.399 e. The van der Waals surface area contributed by atoms with Crippen molar-refractivity contribution in [2.45, 2.75) is 11.8 Å². The van der Waals surface area contributed by atoms with Crippen molar-refractivity contribution < 1.29 is 8.42 Å². The van der Waals surface area contributed by atoms with Crippen molar-refractivity contribution in [2.75, 3.05) is 10.5 Å². The summed E-state index contributed by atoms with van der Waals surface area (Å²) in [7, 11) is -3.81. The molecule has 0 amide bonds. The third-order valence-corrected chi connectivity index (χ3v) is 4.68. The number of hydrogen-bond donors (Lipinski definition) is 2. The van der Waals surface area contributed by atoms with Crippen molar-refractivity contribution in [3.63, 3.8) is 0 Å². The van der Waals surface area contributed by atoms with Gasteiger partial charge >= 0.3 is 0 Å². The number of anilines is 2. The van der Waals surface area contributed by atoms with Gasteiger partial charge in [-0.1, -0.05) is 11.6 Å². The fourth-order valence-electron chi connectivity index (χ4n) is 1.85. The summed E-state index contributed by atoms with van der Waals surface area (Å²) >= 11 is 5.96. The van der Waals surface area contributed by atoms with Crippen LogP contribution in [0.15, 0.2) is 41.3 Å². The molecule has 3 N–H and O–H groups in total. The highest BCUT2D eigenvalue weighted by molar-refractivity contribution is 7.92. The minimum Gasteiger partial charge on any atom is -0.399 e. The number of sulfonamides is 1. The van der Waals surface area contributed by atoms with Gasteiger partial charge in [-0.25, -0.2) is 8.42 Å². The lowest BCUT2D eigenvalue weighted by molar-refractivity contribution is 0.600. The molecule has 0 saturated heterocycles. The summed E-state index contributed by atoms with van der Waals surface area (Å²) in [6.45, 7) is 1.65. The van der Waals surface area contributed by atoms with Gasteiger partial charge < -0.3 is 5.73 Å². The van der Waals surface area contributed by atoms with Crippen molar-refractivity contribution in [1.29, 1.82) is 5.26 Å². The maximum atomic E-state index is 12.4. The van der Waals surface area contributed by atoms with E-state index in [4.69, 9.17) is 22.6 Å². The number of nitrogen functional groups attached to an aromatic ring is 1. The summed E-state index contributed by atoms with van der Waals surface area (Å²) < 4.78 is 27.2. The highest BCUT2D eigenvalue weighted by Gasteiger charge is 2.18. The molecule has 2 aromatic rings. The van der Waals surface area contributed by atoms with Gasteiger partial charge in [-0.2, -0.15) is 5.26 Å². The Morgan fingerprint density at radius 1 is 1.24 bits per heavy atom. The Bertz CT molecular complexity index is 842. The number of hydrogen-bond acceptors (Lipinski definition) is 4. The van der Waals surface area contributed by atoms with Gasteiger partial charge in [-0.3, -0.25) is 4.72 Å². The van der Waals surface area contributed by atoms with E-state index < -0.39 is 10.0 Å². The molecular formula is C14H12ClN3O2S. The van der Waals surface area contributed by atoms with E-state index in [9.17, 15) is 8.42 Å². The molecule has 0 fully saturated rings. The van der Waals surface area contributed by atoms with Crippen LogP contribution in [0.2, 0.25) is 5.02 Å². The molecule has 0 bridgehead atoms. The van der Waals surface area contributed by atoms with Crippen molar-refractivity contribution in [3.05, 3.63) is 52.5 Å². The van der Waals surface area contributed by atoms with Crippen LogP contribution in [0.4, 0.5) is 11.4 Å². The Hall–Kier alpha value is -2.23. The molecule has 0 saturated carbocycles. The van der Waals surface area contributed by atoms with Gasteiger partial charge in [0.1, 0.15) is 0 Å². The number of nitrogens with two attached hydrogens (primary N) is 1. The van der Waals surface area contributed by atoms with E-state index >= 15 is 0 Å². The second kappa shape index (κ2) is 5.64. The molecule has 0 spiro atoms. The van der Waals surface area contributed by atoms with E-state index in [-0.39, 0.29) is 15.6 Å². The summed E-state index contributed by atoms with van der Waals surface area (Å²) in [4.78, 5) is 0.107. The van der Waals surface area contributed by atoms with Gasteiger partial charge in [0.15, 0.2) is 0 Å². The molecule has 0 atom stereocenters. The number of rotatable bonds is 3. The van der Waals surface area contributed by atoms with Gasteiger partial charge in [0, 0.05) is 5.69 Å². The summed E-state index contributed by atoms with van der Waals surface area (Å²) in [5.74, 6) is 0. The normalized spacial score (nSPS) is 10.9. The van der Waals surface area contributed by atoms with Crippen LogP contribution in [0.1, 0.15) is 11.1 Å². The molecule has 0 heterocycles. The summed E-state index contributed by atoms with van der Waals surface area (Å²) in [6, 6.07) is 10.8. The first-order chi connectivity index (χ1) is 9.83. The Labute approximate surface area is 128 Å². The molecule has 5 nitrogen and oxygen atoms in total. The Morgan fingerprint density at radius 3 is 2.57 bits per heavy atom. The van der Waals surface area contributed by atoms with Crippen molar-refractivity contribution in [3.8, 4) is 6.07 Å². The fourth-order valence-corrected chi connectivity index (χ4v) is 3.37. The number of halogens is 1. The topological polar surface area (TPSA) is 96.0 Å². The molecule has 2 aromatic carbocycles. The van der Waals surface area contributed by atoms with Crippen LogP contribution in [0.3, 0.4) is 0 Å². The standard InChI is InChI=1S/C14H12ClN3O2S/c1-9-6-11(17)3-5-14(9)21(19,20)18-13-7-10(8-16)2-4-12(13)15/h2-7,18H,17H2,1H3. The van der Waals surface area contributed by atoms with E-state index in [0.29, 0.717) is 16.8 Å². The second-order valence-corrected chi connectivity index (χ2v) is 6.49. The van der Waals surface area contributed by atoms with Gasteiger partial charge in [-0.15, -0.1) is 0 Å². The minimum absolute atomic E-state index is 0.107. The van der Waals surface area contributed by atoms with Crippen molar-refractivity contribution >= 4 is 33.0 Å². The second-order valence-electron chi connectivity index (χ2n) is 4.44. The van der Waals surface area contributed by atoms with Crippen LogP contribution in [-0.2, 0) is 10.0 Å². The van der Waals surface area contributed by atoms with E-state index in [1.165, 1.54) is 30.3 Å². The zero-order valence-electron chi connectivity index (χ0n) is 11.1. The van der Waals surface area contributed by atoms with E-state index in [2.05, 4.69) is 4.72 Å². The number of benzene rings is 2. The maximum absolute atomic E-state index is 12.4. The highest BCUT2D eigenvalue weighted by Crippen LogP contribution is 2.27. The quantitative estimate of drug-likeness (QED) is 0.849. The predicted octanol–water partition coefficient (Wildman–Crippen LogP) is 2.90. The minimum atomic E-state index is -3.81. The summed E-state index contributed by atoms with van der Waals surface area (Å²) in [5, 5.41) is 9.07. The molecule has 7 heteroatoms. The molecule has 0 aliphatic carbocycles. The van der Waals surface area contributed by atoms with E-state index in [1.54, 1.807) is 13.0 Å². The lowest BCUT2D eigenvalue weighted by atomic mass is 10.2.